The Kier molecular flexibility index (Phi) is 11.7. The molecule has 2 fully saturated rings. The molecule has 1 amide bonds. The number of hydrogen-bond acceptors (Lipinski definition) is 4. The van der Waals surface area contributed by atoms with E-state index >= 15 is 0 Å². The lowest BCUT2D eigenvalue weighted by Gasteiger charge is -2.59. The normalized spacial score (nSPS) is 33.3. The van der Waals surface area contributed by atoms with E-state index in [0.717, 1.165) is 32.1 Å². The highest BCUT2D eigenvalue weighted by Crippen LogP contribution is 2.50. The zero-order valence-corrected chi connectivity index (χ0v) is 31.4. The van der Waals surface area contributed by atoms with Crippen LogP contribution in [0.3, 0.4) is 0 Å². The van der Waals surface area contributed by atoms with Gasteiger partial charge in [0.25, 0.3) is 0 Å². The van der Waals surface area contributed by atoms with Crippen LogP contribution in [0.25, 0.3) is 0 Å². The van der Waals surface area contributed by atoms with Crippen molar-refractivity contribution in [3.05, 3.63) is 0 Å². The maximum atomic E-state index is 13.4. The summed E-state index contributed by atoms with van der Waals surface area (Å²) in [7, 11) is -4.16. The van der Waals surface area contributed by atoms with Crippen molar-refractivity contribution < 1.29 is 18.4 Å². The molecule has 2 aliphatic rings. The highest BCUT2D eigenvalue weighted by Gasteiger charge is 2.59. The standard InChI is InChI=1S/C34H65NO4Si2/c1-17-19-20-23(3)28(38-40(13,14)32(7,8)9)22-29-25(5)30(39-41(15,16)33(10,11)12)26(6)34(37-29)24(4)21-27(18-2)31(36)35-34/h1,23-30H,18-22H2,2-16H3,(H,35,36). The van der Waals surface area contributed by atoms with Gasteiger partial charge in [-0.05, 0) is 67.9 Å². The smallest absolute Gasteiger partial charge is 0.225 e. The fourth-order valence-electron chi connectivity index (χ4n) is 6.23. The Morgan fingerprint density at radius 3 is 2.12 bits per heavy atom. The van der Waals surface area contributed by atoms with E-state index in [1.54, 1.807) is 0 Å². The number of nitrogens with one attached hydrogen (secondary N) is 1. The number of amides is 1. The number of carbonyl (C=O) groups is 1. The average molecular weight is 608 g/mol. The number of rotatable bonds is 10. The first-order valence-corrected chi connectivity index (χ1v) is 22.1. The van der Waals surface area contributed by atoms with Gasteiger partial charge in [0.1, 0.15) is 5.72 Å². The minimum absolute atomic E-state index is 0.0219. The Bertz CT molecular complexity index is 930. The summed E-state index contributed by atoms with van der Waals surface area (Å²) >= 11 is 0. The molecule has 5 nitrogen and oxygen atoms in total. The van der Waals surface area contributed by atoms with Gasteiger partial charge in [0.15, 0.2) is 16.6 Å². The molecule has 2 heterocycles. The predicted molar refractivity (Wildman–Crippen MR) is 178 cm³/mol. The highest BCUT2D eigenvalue weighted by atomic mass is 28.4. The van der Waals surface area contributed by atoms with Gasteiger partial charge in [-0.1, -0.05) is 76.2 Å². The molecule has 2 saturated heterocycles. The topological polar surface area (TPSA) is 56.8 Å². The summed E-state index contributed by atoms with van der Waals surface area (Å²) in [6.45, 7) is 34.3. The molecular weight excluding hydrogens is 543 g/mol. The Morgan fingerprint density at radius 2 is 1.63 bits per heavy atom. The number of ether oxygens (including phenoxy) is 1. The molecule has 7 heteroatoms. The molecule has 1 N–H and O–H groups in total. The summed E-state index contributed by atoms with van der Waals surface area (Å²) in [5, 5.41) is 3.64. The Hall–Kier alpha value is -0.656. The number of terminal acetylenes is 1. The summed E-state index contributed by atoms with van der Waals surface area (Å²) in [6, 6.07) is 0. The second-order valence-corrected chi connectivity index (χ2v) is 26.1. The third kappa shape index (κ3) is 7.90. The van der Waals surface area contributed by atoms with E-state index in [1.165, 1.54) is 0 Å². The SMILES string of the molecule is C#CCCC(C)C(CC1OC2(NC(=O)C(CC)CC2C)C(C)C(O[Si](C)(C)C(C)(C)C)C1C)O[Si](C)(C)C(C)(C)C. The quantitative estimate of drug-likeness (QED) is 0.199. The van der Waals surface area contributed by atoms with Crippen LogP contribution in [0.2, 0.25) is 36.3 Å². The van der Waals surface area contributed by atoms with Crippen LogP contribution in [0, 0.1) is 41.9 Å². The Labute approximate surface area is 256 Å². The van der Waals surface area contributed by atoms with Gasteiger partial charge in [0.2, 0.25) is 5.91 Å². The summed E-state index contributed by atoms with van der Waals surface area (Å²) in [4.78, 5) is 13.4. The van der Waals surface area contributed by atoms with Crippen LogP contribution in [-0.4, -0.2) is 46.6 Å². The molecule has 0 aromatic carbocycles. The predicted octanol–water partition coefficient (Wildman–Crippen LogP) is 8.76. The third-order valence-electron chi connectivity index (χ3n) is 11.5. The van der Waals surface area contributed by atoms with Crippen LogP contribution in [0.1, 0.15) is 108 Å². The first kappa shape index (κ1) is 36.5. The van der Waals surface area contributed by atoms with Crippen LogP contribution in [0.15, 0.2) is 0 Å². The van der Waals surface area contributed by atoms with Crippen molar-refractivity contribution in [3.8, 4) is 12.3 Å². The zero-order valence-electron chi connectivity index (χ0n) is 29.4. The molecule has 0 radical (unpaired) electrons. The molecule has 1 spiro atoms. The van der Waals surface area contributed by atoms with Crippen molar-refractivity contribution in [2.24, 2.45) is 29.6 Å². The van der Waals surface area contributed by atoms with Crippen LogP contribution in [0.4, 0.5) is 0 Å². The van der Waals surface area contributed by atoms with Crippen molar-refractivity contribution in [2.75, 3.05) is 0 Å². The Morgan fingerprint density at radius 1 is 1.07 bits per heavy atom. The van der Waals surface area contributed by atoms with E-state index in [9.17, 15) is 4.79 Å². The Balaban J connectivity index is 2.57. The molecule has 0 aromatic rings. The van der Waals surface area contributed by atoms with Crippen molar-refractivity contribution >= 4 is 22.5 Å². The van der Waals surface area contributed by atoms with Crippen LogP contribution >= 0.6 is 0 Å². The first-order valence-electron chi connectivity index (χ1n) is 16.3. The summed E-state index contributed by atoms with van der Waals surface area (Å²) in [5.41, 5.74) is -0.753. The number of hydrogen-bond donors (Lipinski definition) is 1. The molecule has 2 rings (SSSR count). The largest absolute Gasteiger partial charge is 0.414 e. The van der Waals surface area contributed by atoms with Gasteiger partial charge in [-0.2, -0.15) is 0 Å². The van der Waals surface area contributed by atoms with Crippen LogP contribution in [0.5, 0.6) is 0 Å². The molecular formula is C34H65NO4Si2. The summed E-state index contributed by atoms with van der Waals surface area (Å²) in [6.07, 6.45) is 9.70. The van der Waals surface area contributed by atoms with Gasteiger partial charge >= 0.3 is 0 Å². The lowest BCUT2D eigenvalue weighted by Crippen LogP contribution is -2.72. The maximum Gasteiger partial charge on any atom is 0.225 e. The van der Waals surface area contributed by atoms with E-state index in [1.807, 2.05) is 0 Å². The number of piperidine rings is 1. The molecule has 9 atom stereocenters. The van der Waals surface area contributed by atoms with Gasteiger partial charge in [0, 0.05) is 30.1 Å². The molecule has 41 heavy (non-hydrogen) atoms. The molecule has 0 aliphatic carbocycles. The monoisotopic (exact) mass is 607 g/mol. The average Bonchev–Trinajstić information content (AvgIpc) is 2.83. The van der Waals surface area contributed by atoms with E-state index in [0.29, 0.717) is 5.92 Å². The minimum Gasteiger partial charge on any atom is -0.414 e. The van der Waals surface area contributed by atoms with Crippen molar-refractivity contribution in [3.63, 3.8) is 0 Å². The minimum atomic E-state index is -2.10. The van der Waals surface area contributed by atoms with Gasteiger partial charge in [-0.15, -0.1) is 12.3 Å². The fraction of sp³-hybridized carbons (Fsp3) is 0.912. The molecule has 238 valence electrons. The zero-order chi connectivity index (χ0) is 31.8. The molecule has 0 saturated carbocycles. The molecule has 9 unspecified atom stereocenters. The van der Waals surface area contributed by atoms with Gasteiger partial charge in [0.05, 0.1) is 18.3 Å². The molecule has 0 bridgehead atoms. The second-order valence-electron chi connectivity index (χ2n) is 16.5. The third-order valence-corrected chi connectivity index (χ3v) is 20.5. The summed E-state index contributed by atoms with van der Waals surface area (Å²) in [5.74, 6) is 3.65. The highest BCUT2D eigenvalue weighted by molar-refractivity contribution is 6.74. The van der Waals surface area contributed by atoms with E-state index < -0.39 is 22.4 Å². The second kappa shape index (κ2) is 13.1. The van der Waals surface area contributed by atoms with Gasteiger partial charge in [-0.3, -0.25) is 4.79 Å². The van der Waals surface area contributed by atoms with Crippen LogP contribution in [-0.2, 0) is 18.4 Å². The maximum absolute atomic E-state index is 13.4. The van der Waals surface area contributed by atoms with E-state index in [-0.39, 0.29) is 58.0 Å². The first-order chi connectivity index (χ1) is 18.5. The lowest BCUT2D eigenvalue weighted by molar-refractivity contribution is -0.264. The van der Waals surface area contributed by atoms with Crippen molar-refractivity contribution in [1.29, 1.82) is 0 Å². The van der Waals surface area contributed by atoms with Gasteiger partial charge in [-0.25, -0.2) is 0 Å². The van der Waals surface area contributed by atoms with Crippen molar-refractivity contribution in [2.45, 2.75) is 169 Å². The van der Waals surface area contributed by atoms with Gasteiger partial charge < -0.3 is 18.9 Å². The molecule has 2 aliphatic heterocycles. The lowest BCUT2D eigenvalue weighted by atomic mass is 9.69. The number of carbonyl (C=O) groups excluding carboxylic acids is 1. The fourth-order valence-corrected chi connectivity index (χ4v) is 9.12. The van der Waals surface area contributed by atoms with E-state index in [2.05, 4.69) is 114 Å². The van der Waals surface area contributed by atoms with E-state index in [4.69, 9.17) is 20.0 Å². The van der Waals surface area contributed by atoms with Crippen molar-refractivity contribution in [1.82, 2.24) is 5.32 Å². The van der Waals surface area contributed by atoms with Crippen LogP contribution < -0.4 is 5.32 Å². The molecule has 0 aromatic heterocycles. The summed E-state index contributed by atoms with van der Waals surface area (Å²) < 4.78 is 21.7.